The molecular weight excluding hydrogens is 634 g/mol. The normalized spacial score (nSPS) is 17.5. The van der Waals surface area contributed by atoms with E-state index in [0.29, 0.717) is 17.7 Å². The third-order valence-corrected chi connectivity index (χ3v) is 8.22. The van der Waals surface area contributed by atoms with Gasteiger partial charge < -0.3 is 38.7 Å². The minimum absolute atomic E-state index is 0.234. The van der Waals surface area contributed by atoms with E-state index in [9.17, 15) is 24.3 Å². The van der Waals surface area contributed by atoms with E-state index >= 15 is 0 Å². The zero-order valence-corrected chi connectivity index (χ0v) is 27.9. The first kappa shape index (κ1) is 33.6. The summed E-state index contributed by atoms with van der Waals surface area (Å²) >= 11 is 0. The molecule has 2 N–H and O–H groups in total. The maximum absolute atomic E-state index is 14.0. The quantitative estimate of drug-likeness (QED) is 0.189. The standard InChI is InChI=1S/C36H37N3O10/c1-20-23(11-15-39(5)14-10-21-8-12-37-13-9-21)24-16-22(6-7-26(24)45-20)38-33(42)25-17-27-31-32(49-35(2,3)4)30(25)47-29(41)19-36(44,34(43)48-31)18-28(40)46-27/h6-9,12-13,16-17,44H,10-11,14-15,18-19H2,1-5H3,(H,38,42). The number of aliphatic hydroxyl groups is 1. The minimum atomic E-state index is -2.55. The van der Waals surface area contributed by atoms with Crippen LogP contribution in [0.5, 0.6) is 23.0 Å². The van der Waals surface area contributed by atoms with Crippen molar-refractivity contribution in [3.63, 3.8) is 0 Å². The van der Waals surface area contributed by atoms with Crippen molar-refractivity contribution in [2.45, 2.75) is 64.6 Å². The molecule has 6 rings (SSSR count). The molecule has 2 aliphatic rings. The van der Waals surface area contributed by atoms with Crippen LogP contribution in [0.2, 0.25) is 0 Å². The van der Waals surface area contributed by atoms with Crippen LogP contribution < -0.4 is 24.3 Å². The van der Waals surface area contributed by atoms with E-state index in [2.05, 4.69) is 22.2 Å². The summed E-state index contributed by atoms with van der Waals surface area (Å²) in [6.45, 7) is 8.59. The number of furan rings is 1. The number of hydrogen-bond acceptors (Lipinski definition) is 12. The Morgan fingerprint density at radius 3 is 2.39 bits per heavy atom. The number of amides is 1. The van der Waals surface area contributed by atoms with Crippen LogP contribution in [0.15, 0.2) is 53.2 Å². The summed E-state index contributed by atoms with van der Waals surface area (Å²) in [6, 6.07) is 10.4. The molecular formula is C36H37N3O10. The van der Waals surface area contributed by atoms with E-state index in [1.165, 1.54) is 5.56 Å². The van der Waals surface area contributed by atoms with E-state index in [1.807, 2.05) is 19.1 Å². The van der Waals surface area contributed by atoms with Crippen molar-refractivity contribution in [1.82, 2.24) is 9.88 Å². The molecule has 2 aromatic carbocycles. The van der Waals surface area contributed by atoms with Gasteiger partial charge in [0.2, 0.25) is 11.5 Å². The number of nitrogens with one attached hydrogen (secondary N) is 1. The summed E-state index contributed by atoms with van der Waals surface area (Å²) in [5.41, 5.74) is -0.456. The summed E-state index contributed by atoms with van der Waals surface area (Å²) < 4.78 is 28.6. The van der Waals surface area contributed by atoms with E-state index in [0.717, 1.165) is 42.3 Å². The molecule has 2 aliphatic heterocycles. The second kappa shape index (κ2) is 13.0. The molecule has 0 saturated carbocycles. The summed E-state index contributed by atoms with van der Waals surface area (Å²) in [6.07, 6.45) is 3.38. The molecule has 4 heterocycles. The van der Waals surface area contributed by atoms with Gasteiger partial charge in [-0.1, -0.05) is 0 Å². The van der Waals surface area contributed by atoms with Gasteiger partial charge in [-0.25, -0.2) is 4.79 Å². The number of anilines is 1. The van der Waals surface area contributed by atoms with Crippen LogP contribution in [-0.4, -0.2) is 70.1 Å². The molecule has 1 amide bonds. The van der Waals surface area contributed by atoms with Crippen molar-refractivity contribution in [2.75, 3.05) is 25.5 Å². The topological polar surface area (TPSA) is 167 Å². The predicted molar refractivity (Wildman–Crippen MR) is 176 cm³/mol. The van der Waals surface area contributed by atoms with E-state index in [4.69, 9.17) is 23.4 Å². The Labute approximate surface area is 282 Å². The number of fused-ring (bicyclic) bond motifs is 4. The van der Waals surface area contributed by atoms with E-state index < -0.39 is 53.6 Å². The first-order chi connectivity index (χ1) is 23.2. The van der Waals surface area contributed by atoms with Crippen molar-refractivity contribution in [2.24, 2.45) is 0 Å². The van der Waals surface area contributed by atoms with Gasteiger partial charge in [-0.2, -0.15) is 0 Å². The zero-order valence-electron chi connectivity index (χ0n) is 27.9. The van der Waals surface area contributed by atoms with Crippen LogP contribution in [0, 0.1) is 6.92 Å². The fraction of sp³-hybridized carbons (Fsp3) is 0.361. The molecule has 0 aliphatic carbocycles. The van der Waals surface area contributed by atoms with Crippen LogP contribution in [-0.2, 0) is 27.2 Å². The average Bonchev–Trinajstić information content (AvgIpc) is 3.33. The number of benzene rings is 2. The lowest BCUT2D eigenvalue weighted by Gasteiger charge is -2.28. The Kier molecular flexibility index (Phi) is 8.90. The Balaban J connectivity index is 1.31. The fourth-order valence-electron chi connectivity index (χ4n) is 5.76. The molecule has 13 heteroatoms. The Hall–Kier alpha value is -5.27. The Morgan fingerprint density at radius 2 is 1.67 bits per heavy atom. The average molecular weight is 672 g/mol. The van der Waals surface area contributed by atoms with Gasteiger partial charge in [0.15, 0.2) is 17.1 Å². The lowest BCUT2D eigenvalue weighted by Crippen LogP contribution is -2.47. The highest BCUT2D eigenvalue weighted by molar-refractivity contribution is 6.09. The molecule has 1 unspecified atom stereocenters. The SMILES string of the molecule is Cc1oc2ccc(NC(=O)c3cc4c5c(OC(C)(C)C)c3OC(=O)CC(O)(CC(=O)O4)C(=O)O5)cc2c1CCN(C)CCc1ccncc1. The predicted octanol–water partition coefficient (Wildman–Crippen LogP) is 4.54. The third-order valence-electron chi connectivity index (χ3n) is 8.22. The summed E-state index contributed by atoms with van der Waals surface area (Å²) in [4.78, 5) is 59.1. The third kappa shape index (κ3) is 7.27. The smallest absolute Gasteiger partial charge is 0.345 e. The molecule has 0 saturated heterocycles. The molecule has 4 aromatic rings. The van der Waals surface area contributed by atoms with Crippen molar-refractivity contribution in [3.05, 3.63) is 71.2 Å². The molecule has 0 radical (unpaired) electrons. The number of rotatable bonds is 9. The van der Waals surface area contributed by atoms with Gasteiger partial charge in [-0.15, -0.1) is 0 Å². The molecule has 0 fully saturated rings. The second-order valence-corrected chi connectivity index (χ2v) is 13.3. The van der Waals surface area contributed by atoms with Gasteiger partial charge in [0, 0.05) is 48.2 Å². The van der Waals surface area contributed by atoms with Gasteiger partial charge in [0.05, 0.1) is 18.4 Å². The molecule has 13 nitrogen and oxygen atoms in total. The summed E-state index contributed by atoms with van der Waals surface area (Å²) in [5, 5.41) is 14.6. The van der Waals surface area contributed by atoms with Crippen molar-refractivity contribution in [3.8, 4) is 23.0 Å². The number of carbonyl (C=O) groups excluding carboxylic acids is 4. The number of aryl methyl sites for hydroxylation is 1. The number of pyridine rings is 1. The fourth-order valence-corrected chi connectivity index (χ4v) is 5.76. The molecule has 2 aromatic heterocycles. The van der Waals surface area contributed by atoms with Gasteiger partial charge in [0.25, 0.3) is 5.91 Å². The Morgan fingerprint density at radius 1 is 0.980 bits per heavy atom. The first-order valence-electron chi connectivity index (χ1n) is 15.9. The molecule has 1 atom stereocenters. The van der Waals surface area contributed by atoms with Crippen LogP contribution >= 0.6 is 0 Å². The zero-order chi connectivity index (χ0) is 35.1. The summed E-state index contributed by atoms with van der Waals surface area (Å²) in [7, 11) is 2.06. The number of esters is 3. The van der Waals surface area contributed by atoms with Crippen LogP contribution in [0.3, 0.4) is 0 Å². The van der Waals surface area contributed by atoms with E-state index in [1.54, 1.807) is 51.4 Å². The second-order valence-electron chi connectivity index (χ2n) is 13.3. The number of aromatic nitrogens is 1. The Bertz CT molecular complexity index is 1960. The van der Waals surface area contributed by atoms with Gasteiger partial charge >= 0.3 is 17.9 Å². The highest BCUT2D eigenvalue weighted by atomic mass is 16.6. The van der Waals surface area contributed by atoms with Gasteiger partial charge in [-0.3, -0.25) is 19.4 Å². The van der Waals surface area contributed by atoms with Crippen molar-refractivity contribution >= 4 is 40.5 Å². The highest BCUT2D eigenvalue weighted by Crippen LogP contribution is 2.51. The van der Waals surface area contributed by atoms with E-state index in [-0.39, 0.29) is 22.8 Å². The maximum atomic E-state index is 14.0. The number of ether oxygens (including phenoxy) is 4. The molecule has 49 heavy (non-hydrogen) atoms. The number of hydrogen-bond donors (Lipinski definition) is 2. The van der Waals surface area contributed by atoms with Crippen LogP contribution in [0.25, 0.3) is 11.0 Å². The molecule has 256 valence electrons. The number of carbonyl (C=O) groups is 4. The van der Waals surface area contributed by atoms with Gasteiger partial charge in [0.1, 0.15) is 16.9 Å². The largest absolute Gasteiger partial charge is 0.481 e. The van der Waals surface area contributed by atoms with Gasteiger partial charge in [-0.05, 0) is 83.5 Å². The number of likely N-dealkylation sites (N-methyl/N-ethyl adjacent to an activating group) is 1. The van der Waals surface area contributed by atoms with Crippen LogP contribution in [0.4, 0.5) is 5.69 Å². The lowest BCUT2D eigenvalue weighted by atomic mass is 9.95. The molecule has 3 bridgehead atoms. The van der Waals surface area contributed by atoms with Crippen molar-refractivity contribution in [1.29, 1.82) is 0 Å². The van der Waals surface area contributed by atoms with Crippen LogP contribution in [0.1, 0.15) is 60.9 Å². The monoisotopic (exact) mass is 671 g/mol. The summed E-state index contributed by atoms with van der Waals surface area (Å²) in [5.74, 6) is -4.73. The number of nitrogens with zero attached hydrogens (tertiary/aromatic N) is 2. The highest BCUT2D eigenvalue weighted by Gasteiger charge is 2.48. The lowest BCUT2D eigenvalue weighted by molar-refractivity contribution is -0.168. The van der Waals surface area contributed by atoms with Crippen molar-refractivity contribution < 1.29 is 47.6 Å². The maximum Gasteiger partial charge on any atom is 0.345 e. The minimum Gasteiger partial charge on any atom is -0.481 e. The first-order valence-corrected chi connectivity index (χ1v) is 15.9. The molecule has 0 spiro atoms.